The van der Waals surface area contributed by atoms with Gasteiger partial charge in [0.1, 0.15) is 12.4 Å². The molecule has 0 radical (unpaired) electrons. The number of ether oxygens (including phenoxy) is 3. The van der Waals surface area contributed by atoms with Crippen molar-refractivity contribution in [1.82, 2.24) is 10.2 Å². The Morgan fingerprint density at radius 3 is 2.26 bits per heavy atom. The molecule has 0 bridgehead atoms. The van der Waals surface area contributed by atoms with Crippen LogP contribution in [-0.4, -0.2) is 45.3 Å². The van der Waals surface area contributed by atoms with Crippen LogP contribution in [0.15, 0.2) is 72.8 Å². The van der Waals surface area contributed by atoms with Crippen molar-refractivity contribution in [2.45, 2.75) is 12.6 Å². The second-order valence-electron chi connectivity index (χ2n) is 7.62. The largest absolute Gasteiger partial charge is 0.493 e. The van der Waals surface area contributed by atoms with Gasteiger partial charge in [0.05, 0.1) is 20.3 Å². The molecule has 1 heterocycles. The summed E-state index contributed by atoms with van der Waals surface area (Å²) in [5.41, 5.74) is 3.48. The molecule has 0 aromatic heterocycles. The molecule has 1 aliphatic rings. The van der Waals surface area contributed by atoms with Crippen LogP contribution in [0, 0.1) is 0 Å². The van der Waals surface area contributed by atoms with Gasteiger partial charge >= 0.3 is 0 Å². The monoisotopic (exact) mass is 418 g/mol. The van der Waals surface area contributed by atoms with E-state index in [1.165, 1.54) is 0 Å². The van der Waals surface area contributed by atoms with Crippen molar-refractivity contribution in [1.29, 1.82) is 0 Å². The summed E-state index contributed by atoms with van der Waals surface area (Å²) in [6.45, 7) is 4.41. The summed E-state index contributed by atoms with van der Waals surface area (Å²) < 4.78 is 17.4. The van der Waals surface area contributed by atoms with Crippen molar-refractivity contribution >= 4 is 0 Å². The SMILES string of the molecule is COc1ccc(C(c2ccccc2OCc2ccccc2)N2CCNCC2)cc1OC. The van der Waals surface area contributed by atoms with Gasteiger partial charge < -0.3 is 19.5 Å². The van der Waals surface area contributed by atoms with E-state index in [0.717, 1.165) is 60.1 Å². The van der Waals surface area contributed by atoms with Gasteiger partial charge in [0.25, 0.3) is 0 Å². The number of hydrogen-bond acceptors (Lipinski definition) is 5. The molecule has 1 atom stereocenters. The summed E-state index contributed by atoms with van der Waals surface area (Å²) >= 11 is 0. The maximum atomic E-state index is 6.32. The van der Waals surface area contributed by atoms with Crippen molar-refractivity contribution in [2.75, 3.05) is 40.4 Å². The lowest BCUT2D eigenvalue weighted by Gasteiger charge is -2.36. The summed E-state index contributed by atoms with van der Waals surface area (Å²) in [6, 6.07) is 24.9. The first-order chi connectivity index (χ1) is 15.3. The Bertz CT molecular complexity index is 971. The van der Waals surface area contributed by atoms with Crippen LogP contribution in [0.3, 0.4) is 0 Å². The van der Waals surface area contributed by atoms with E-state index in [0.29, 0.717) is 6.61 Å². The highest BCUT2D eigenvalue weighted by Crippen LogP contribution is 2.38. The quantitative estimate of drug-likeness (QED) is 0.592. The summed E-state index contributed by atoms with van der Waals surface area (Å²) in [5, 5.41) is 3.46. The van der Waals surface area contributed by atoms with Crippen LogP contribution >= 0.6 is 0 Å². The molecule has 1 N–H and O–H groups in total. The molecule has 3 aromatic carbocycles. The maximum Gasteiger partial charge on any atom is 0.161 e. The predicted octanol–water partition coefficient (Wildman–Crippen LogP) is 4.28. The van der Waals surface area contributed by atoms with Crippen LogP contribution in [-0.2, 0) is 6.61 Å². The van der Waals surface area contributed by atoms with Gasteiger partial charge in [-0.05, 0) is 29.3 Å². The Morgan fingerprint density at radius 2 is 1.52 bits per heavy atom. The topological polar surface area (TPSA) is 43.0 Å². The Hall–Kier alpha value is -3.02. The van der Waals surface area contributed by atoms with Crippen molar-refractivity contribution in [3.8, 4) is 17.2 Å². The van der Waals surface area contributed by atoms with Crippen molar-refractivity contribution in [3.63, 3.8) is 0 Å². The first kappa shape index (κ1) is 21.2. The van der Waals surface area contributed by atoms with E-state index in [1.807, 2.05) is 30.3 Å². The molecular formula is C26H30N2O3. The molecule has 5 nitrogen and oxygen atoms in total. The first-order valence-electron chi connectivity index (χ1n) is 10.7. The van der Waals surface area contributed by atoms with Crippen LogP contribution in [0.25, 0.3) is 0 Å². The molecule has 1 saturated heterocycles. The van der Waals surface area contributed by atoms with Gasteiger partial charge in [-0.3, -0.25) is 4.90 Å². The standard InChI is InChI=1S/C26H30N2O3/c1-29-24-13-12-21(18-25(24)30-2)26(28-16-14-27-15-17-28)22-10-6-7-11-23(22)31-19-20-8-4-3-5-9-20/h3-13,18,26-27H,14-17,19H2,1-2H3. The number of rotatable bonds is 8. The van der Waals surface area contributed by atoms with Crippen LogP contribution in [0.2, 0.25) is 0 Å². The lowest BCUT2D eigenvalue weighted by Crippen LogP contribution is -2.45. The second kappa shape index (κ2) is 10.3. The molecule has 4 rings (SSSR count). The molecule has 162 valence electrons. The van der Waals surface area contributed by atoms with Crippen molar-refractivity contribution < 1.29 is 14.2 Å². The zero-order valence-electron chi connectivity index (χ0n) is 18.2. The molecule has 1 fully saturated rings. The van der Waals surface area contributed by atoms with E-state index < -0.39 is 0 Å². The third-order valence-electron chi connectivity index (χ3n) is 5.69. The smallest absolute Gasteiger partial charge is 0.161 e. The van der Waals surface area contributed by atoms with Gasteiger partial charge in [0, 0.05) is 31.7 Å². The van der Waals surface area contributed by atoms with E-state index in [-0.39, 0.29) is 6.04 Å². The normalized spacial score (nSPS) is 15.3. The lowest BCUT2D eigenvalue weighted by molar-refractivity contribution is 0.192. The van der Waals surface area contributed by atoms with Crippen LogP contribution < -0.4 is 19.5 Å². The average molecular weight is 419 g/mol. The third kappa shape index (κ3) is 5.01. The Morgan fingerprint density at radius 1 is 0.806 bits per heavy atom. The Balaban J connectivity index is 1.71. The maximum absolute atomic E-state index is 6.32. The highest BCUT2D eigenvalue weighted by molar-refractivity contribution is 5.48. The van der Waals surface area contributed by atoms with Gasteiger partial charge in [-0.1, -0.05) is 54.6 Å². The number of benzene rings is 3. The highest BCUT2D eigenvalue weighted by atomic mass is 16.5. The zero-order chi connectivity index (χ0) is 21.5. The summed E-state index contributed by atoms with van der Waals surface area (Å²) in [5.74, 6) is 2.38. The minimum atomic E-state index is 0.0638. The van der Waals surface area contributed by atoms with Crippen LogP contribution in [0.5, 0.6) is 17.2 Å². The molecule has 1 aliphatic heterocycles. The minimum Gasteiger partial charge on any atom is -0.493 e. The van der Waals surface area contributed by atoms with E-state index >= 15 is 0 Å². The fourth-order valence-electron chi connectivity index (χ4n) is 4.12. The number of nitrogens with zero attached hydrogens (tertiary/aromatic N) is 1. The minimum absolute atomic E-state index is 0.0638. The Labute approximate surface area is 184 Å². The number of para-hydroxylation sites is 1. The van der Waals surface area contributed by atoms with E-state index in [9.17, 15) is 0 Å². The summed E-state index contributed by atoms with van der Waals surface area (Å²) in [4.78, 5) is 2.50. The van der Waals surface area contributed by atoms with Gasteiger partial charge in [0.2, 0.25) is 0 Å². The van der Waals surface area contributed by atoms with Crippen molar-refractivity contribution in [3.05, 3.63) is 89.5 Å². The molecule has 0 spiro atoms. The van der Waals surface area contributed by atoms with E-state index in [2.05, 4.69) is 52.7 Å². The molecule has 5 heteroatoms. The molecule has 3 aromatic rings. The number of methoxy groups -OCH3 is 2. The van der Waals surface area contributed by atoms with Gasteiger partial charge in [-0.25, -0.2) is 0 Å². The molecule has 0 amide bonds. The summed E-state index contributed by atoms with van der Waals surface area (Å²) in [7, 11) is 3.34. The van der Waals surface area contributed by atoms with E-state index in [1.54, 1.807) is 14.2 Å². The van der Waals surface area contributed by atoms with Gasteiger partial charge in [-0.15, -0.1) is 0 Å². The number of nitrogens with one attached hydrogen (secondary N) is 1. The third-order valence-corrected chi connectivity index (χ3v) is 5.69. The second-order valence-corrected chi connectivity index (χ2v) is 7.62. The fraction of sp³-hybridized carbons (Fsp3) is 0.308. The van der Waals surface area contributed by atoms with E-state index in [4.69, 9.17) is 14.2 Å². The Kier molecular flexibility index (Phi) is 7.07. The highest BCUT2D eigenvalue weighted by Gasteiger charge is 2.27. The number of piperazine rings is 1. The first-order valence-corrected chi connectivity index (χ1v) is 10.7. The molecular weight excluding hydrogens is 388 g/mol. The molecule has 0 saturated carbocycles. The zero-order valence-corrected chi connectivity index (χ0v) is 18.2. The molecule has 1 unspecified atom stereocenters. The number of hydrogen-bond donors (Lipinski definition) is 1. The molecule has 31 heavy (non-hydrogen) atoms. The lowest BCUT2D eigenvalue weighted by atomic mass is 9.95. The molecule has 0 aliphatic carbocycles. The van der Waals surface area contributed by atoms with Gasteiger partial charge in [-0.2, -0.15) is 0 Å². The summed E-state index contributed by atoms with van der Waals surface area (Å²) in [6.07, 6.45) is 0. The van der Waals surface area contributed by atoms with Crippen LogP contribution in [0.1, 0.15) is 22.7 Å². The van der Waals surface area contributed by atoms with Gasteiger partial charge in [0.15, 0.2) is 11.5 Å². The van der Waals surface area contributed by atoms with Crippen LogP contribution in [0.4, 0.5) is 0 Å². The average Bonchev–Trinajstić information content (AvgIpc) is 2.85. The van der Waals surface area contributed by atoms with Crippen molar-refractivity contribution in [2.24, 2.45) is 0 Å². The predicted molar refractivity (Wildman–Crippen MR) is 123 cm³/mol. The fourth-order valence-corrected chi connectivity index (χ4v) is 4.12.